The van der Waals surface area contributed by atoms with Crippen molar-refractivity contribution >= 4 is 0 Å². The summed E-state index contributed by atoms with van der Waals surface area (Å²) in [6.45, 7) is 8.61. The molecule has 1 aromatic carbocycles. The summed E-state index contributed by atoms with van der Waals surface area (Å²) in [6, 6.07) is 4.56. The Labute approximate surface area is 81.3 Å². The molecule has 0 amide bonds. The first-order valence-corrected chi connectivity index (χ1v) is 4.83. The third-order valence-electron chi connectivity index (χ3n) is 2.58. The molecule has 0 heteroatoms. The van der Waals surface area contributed by atoms with Gasteiger partial charge in [0.05, 0.1) is 0 Å². The Bertz CT molecular complexity index is 296. The Morgan fingerprint density at radius 2 is 1.62 bits per heavy atom. The van der Waals surface area contributed by atoms with Crippen LogP contribution >= 0.6 is 0 Å². The molecule has 0 nitrogen and oxygen atoms in total. The average Bonchev–Trinajstić information content (AvgIpc) is 2.10. The fourth-order valence-corrected chi connectivity index (χ4v) is 1.50. The second-order valence-electron chi connectivity index (χ2n) is 3.63. The lowest BCUT2D eigenvalue weighted by atomic mass is 9.99. The zero-order valence-electron chi connectivity index (χ0n) is 9.02. The summed E-state index contributed by atoms with van der Waals surface area (Å²) in [5.74, 6) is 0. The molecule has 0 radical (unpaired) electrons. The Morgan fingerprint density at radius 1 is 1.08 bits per heavy atom. The number of rotatable bonds is 2. The number of benzene rings is 1. The second-order valence-corrected chi connectivity index (χ2v) is 3.63. The predicted molar refractivity (Wildman–Crippen MR) is 59.2 cm³/mol. The molecule has 0 atom stereocenters. The van der Waals surface area contributed by atoms with Gasteiger partial charge in [-0.15, -0.1) is 0 Å². The van der Waals surface area contributed by atoms with Crippen molar-refractivity contribution in [2.24, 2.45) is 0 Å². The van der Waals surface area contributed by atoms with Crippen LogP contribution in [0.1, 0.15) is 29.2 Å². The molecular weight excluding hydrogens is 156 g/mol. The molecule has 0 N–H and O–H groups in total. The standard InChI is InChI=1S/C13H18/c1-5-6-7-13-8-10(2)12(4)11(3)9-13/h5-6,8-9H,7H2,1-4H3. The van der Waals surface area contributed by atoms with Crippen LogP contribution in [-0.4, -0.2) is 0 Å². The van der Waals surface area contributed by atoms with Gasteiger partial charge in [0, 0.05) is 0 Å². The van der Waals surface area contributed by atoms with Gasteiger partial charge in [0.25, 0.3) is 0 Å². The van der Waals surface area contributed by atoms with Gasteiger partial charge in [-0.2, -0.15) is 0 Å². The first-order chi connectivity index (χ1) is 6.15. The SMILES string of the molecule is CC=CCc1cc(C)c(C)c(C)c1. The van der Waals surface area contributed by atoms with Crippen LogP contribution < -0.4 is 0 Å². The monoisotopic (exact) mass is 174 g/mol. The zero-order valence-corrected chi connectivity index (χ0v) is 9.02. The minimum atomic E-state index is 1.05. The quantitative estimate of drug-likeness (QED) is 0.599. The Hall–Kier alpha value is -1.04. The van der Waals surface area contributed by atoms with Crippen LogP contribution in [0.3, 0.4) is 0 Å². The zero-order chi connectivity index (χ0) is 9.84. The fourth-order valence-electron chi connectivity index (χ4n) is 1.50. The van der Waals surface area contributed by atoms with Crippen molar-refractivity contribution in [2.45, 2.75) is 34.1 Å². The highest BCUT2D eigenvalue weighted by atomic mass is 14.0. The van der Waals surface area contributed by atoms with Crippen molar-refractivity contribution in [2.75, 3.05) is 0 Å². The van der Waals surface area contributed by atoms with Gasteiger partial charge in [-0.1, -0.05) is 24.3 Å². The van der Waals surface area contributed by atoms with E-state index in [9.17, 15) is 0 Å². The van der Waals surface area contributed by atoms with E-state index < -0.39 is 0 Å². The lowest BCUT2D eigenvalue weighted by molar-refractivity contribution is 1.18. The molecule has 0 aliphatic heterocycles. The molecule has 13 heavy (non-hydrogen) atoms. The summed E-state index contributed by atoms with van der Waals surface area (Å²) in [5.41, 5.74) is 5.64. The lowest BCUT2D eigenvalue weighted by Crippen LogP contribution is -1.90. The van der Waals surface area contributed by atoms with Crippen molar-refractivity contribution in [3.05, 3.63) is 46.5 Å². The van der Waals surface area contributed by atoms with E-state index in [1.807, 2.05) is 0 Å². The van der Waals surface area contributed by atoms with E-state index in [2.05, 4.69) is 52.0 Å². The molecule has 0 aliphatic carbocycles. The van der Waals surface area contributed by atoms with Crippen molar-refractivity contribution in [1.29, 1.82) is 0 Å². The molecule has 0 bridgehead atoms. The van der Waals surface area contributed by atoms with Gasteiger partial charge in [-0.3, -0.25) is 0 Å². The van der Waals surface area contributed by atoms with Crippen LogP contribution in [0.25, 0.3) is 0 Å². The molecule has 0 unspecified atom stereocenters. The highest BCUT2D eigenvalue weighted by Crippen LogP contribution is 2.15. The first-order valence-electron chi connectivity index (χ1n) is 4.83. The topological polar surface area (TPSA) is 0 Å². The maximum Gasteiger partial charge on any atom is -0.00974 e. The first kappa shape index (κ1) is 10.0. The van der Waals surface area contributed by atoms with Crippen LogP contribution in [0.2, 0.25) is 0 Å². The van der Waals surface area contributed by atoms with Crippen molar-refractivity contribution in [1.82, 2.24) is 0 Å². The lowest BCUT2D eigenvalue weighted by Gasteiger charge is -2.07. The van der Waals surface area contributed by atoms with Crippen molar-refractivity contribution in [3.63, 3.8) is 0 Å². The Balaban J connectivity index is 2.99. The van der Waals surface area contributed by atoms with E-state index in [4.69, 9.17) is 0 Å². The molecular formula is C13H18. The number of hydrogen-bond acceptors (Lipinski definition) is 0. The molecule has 1 aromatic rings. The van der Waals surface area contributed by atoms with Crippen LogP contribution in [0.4, 0.5) is 0 Å². The van der Waals surface area contributed by atoms with Crippen molar-refractivity contribution in [3.8, 4) is 0 Å². The van der Waals surface area contributed by atoms with Crippen LogP contribution in [-0.2, 0) is 6.42 Å². The van der Waals surface area contributed by atoms with Gasteiger partial charge in [0.1, 0.15) is 0 Å². The molecule has 1 rings (SSSR count). The highest BCUT2D eigenvalue weighted by Gasteiger charge is 1.98. The largest absolute Gasteiger partial charge is 0.0913 e. The van der Waals surface area contributed by atoms with Crippen LogP contribution in [0, 0.1) is 20.8 Å². The molecule has 0 heterocycles. The molecule has 0 saturated heterocycles. The van der Waals surface area contributed by atoms with Gasteiger partial charge in [-0.25, -0.2) is 0 Å². The third-order valence-corrected chi connectivity index (χ3v) is 2.58. The van der Waals surface area contributed by atoms with Gasteiger partial charge in [0.15, 0.2) is 0 Å². The molecule has 0 aromatic heterocycles. The van der Waals surface area contributed by atoms with Crippen molar-refractivity contribution < 1.29 is 0 Å². The number of aryl methyl sites for hydroxylation is 2. The van der Waals surface area contributed by atoms with E-state index in [1.54, 1.807) is 0 Å². The molecule has 0 spiro atoms. The van der Waals surface area contributed by atoms with E-state index in [0.29, 0.717) is 0 Å². The van der Waals surface area contributed by atoms with Crippen LogP contribution in [0.15, 0.2) is 24.3 Å². The maximum atomic E-state index is 2.28. The number of allylic oxidation sites excluding steroid dienone is 2. The normalized spacial score (nSPS) is 11.1. The Morgan fingerprint density at radius 3 is 2.08 bits per heavy atom. The summed E-state index contributed by atoms with van der Waals surface area (Å²) in [6.07, 6.45) is 5.35. The van der Waals surface area contributed by atoms with E-state index in [-0.39, 0.29) is 0 Å². The van der Waals surface area contributed by atoms with E-state index in [0.717, 1.165) is 6.42 Å². The summed E-state index contributed by atoms with van der Waals surface area (Å²) in [5, 5.41) is 0. The minimum absolute atomic E-state index is 1.05. The van der Waals surface area contributed by atoms with Gasteiger partial charge in [0.2, 0.25) is 0 Å². The summed E-state index contributed by atoms with van der Waals surface area (Å²) in [4.78, 5) is 0. The summed E-state index contributed by atoms with van der Waals surface area (Å²) < 4.78 is 0. The van der Waals surface area contributed by atoms with Gasteiger partial charge < -0.3 is 0 Å². The van der Waals surface area contributed by atoms with E-state index in [1.165, 1.54) is 22.3 Å². The molecule has 0 aliphatic rings. The number of hydrogen-bond donors (Lipinski definition) is 0. The molecule has 70 valence electrons. The average molecular weight is 174 g/mol. The Kier molecular flexibility index (Phi) is 3.30. The summed E-state index contributed by atoms with van der Waals surface area (Å²) >= 11 is 0. The smallest absolute Gasteiger partial charge is 0.00974 e. The van der Waals surface area contributed by atoms with Gasteiger partial charge >= 0.3 is 0 Å². The molecule has 0 fully saturated rings. The summed E-state index contributed by atoms with van der Waals surface area (Å²) in [7, 11) is 0. The fraction of sp³-hybridized carbons (Fsp3) is 0.385. The maximum absolute atomic E-state index is 2.28. The third kappa shape index (κ3) is 2.45. The molecule has 0 saturated carbocycles. The van der Waals surface area contributed by atoms with E-state index >= 15 is 0 Å². The second kappa shape index (κ2) is 4.27. The van der Waals surface area contributed by atoms with Gasteiger partial charge in [-0.05, 0) is 56.4 Å². The minimum Gasteiger partial charge on any atom is -0.0913 e. The highest BCUT2D eigenvalue weighted by molar-refractivity contribution is 5.37. The predicted octanol–water partition coefficient (Wildman–Crippen LogP) is 3.73. The van der Waals surface area contributed by atoms with Crippen LogP contribution in [0.5, 0.6) is 0 Å².